The summed E-state index contributed by atoms with van der Waals surface area (Å²) in [5.41, 5.74) is 0.954. The summed E-state index contributed by atoms with van der Waals surface area (Å²) >= 11 is 7.62. The normalized spacial score (nSPS) is 14.9. The van der Waals surface area contributed by atoms with Crippen LogP contribution in [0.5, 0.6) is 0 Å². The standard InChI is InChI=1S/C18H17ClN4OS/c19-14-3-1-2-13(10-14)11-16(24)22-5-7-23(8-6-22)17-15-4-9-25-18(15)21-12-20-17/h1-4,9-10,12H,5-8,11H2. The first-order chi connectivity index (χ1) is 12.2. The number of amides is 1. The predicted molar refractivity (Wildman–Crippen MR) is 101 cm³/mol. The molecule has 7 heteroatoms. The molecule has 1 saturated heterocycles. The summed E-state index contributed by atoms with van der Waals surface area (Å²) in [5, 5.41) is 3.79. The molecule has 1 aromatic carbocycles. The smallest absolute Gasteiger partial charge is 0.227 e. The summed E-state index contributed by atoms with van der Waals surface area (Å²) in [7, 11) is 0. The zero-order valence-electron chi connectivity index (χ0n) is 13.6. The van der Waals surface area contributed by atoms with Gasteiger partial charge in [0.05, 0.1) is 11.8 Å². The van der Waals surface area contributed by atoms with Gasteiger partial charge < -0.3 is 9.80 Å². The molecule has 1 aliphatic heterocycles. The molecule has 3 aromatic rings. The SMILES string of the molecule is O=C(Cc1cccc(Cl)c1)N1CCN(c2ncnc3sccc23)CC1. The van der Waals surface area contributed by atoms with Crippen LogP contribution in [-0.2, 0) is 11.2 Å². The number of hydrogen-bond acceptors (Lipinski definition) is 5. The molecule has 0 N–H and O–H groups in total. The Labute approximate surface area is 154 Å². The molecule has 0 aliphatic carbocycles. The van der Waals surface area contributed by atoms with Gasteiger partial charge in [0.2, 0.25) is 5.91 Å². The molecule has 4 rings (SSSR count). The molecule has 3 heterocycles. The average Bonchev–Trinajstić information content (AvgIpc) is 3.10. The van der Waals surface area contributed by atoms with E-state index in [-0.39, 0.29) is 5.91 Å². The van der Waals surface area contributed by atoms with E-state index in [0.29, 0.717) is 24.5 Å². The van der Waals surface area contributed by atoms with E-state index in [4.69, 9.17) is 11.6 Å². The maximum atomic E-state index is 12.5. The van der Waals surface area contributed by atoms with Crippen molar-refractivity contribution >= 4 is 44.9 Å². The minimum atomic E-state index is 0.144. The second-order valence-corrected chi connectivity index (χ2v) is 7.34. The quantitative estimate of drug-likeness (QED) is 0.708. The Hall–Kier alpha value is -2.18. The lowest BCUT2D eigenvalue weighted by Crippen LogP contribution is -2.49. The van der Waals surface area contributed by atoms with Crippen LogP contribution in [0.25, 0.3) is 10.2 Å². The molecule has 5 nitrogen and oxygen atoms in total. The highest BCUT2D eigenvalue weighted by atomic mass is 35.5. The van der Waals surface area contributed by atoms with E-state index in [1.165, 1.54) is 0 Å². The summed E-state index contributed by atoms with van der Waals surface area (Å²) in [4.78, 5) is 26.4. The van der Waals surface area contributed by atoms with E-state index in [9.17, 15) is 4.79 Å². The van der Waals surface area contributed by atoms with Crippen LogP contribution in [0.3, 0.4) is 0 Å². The third kappa shape index (κ3) is 3.45. The van der Waals surface area contributed by atoms with Gasteiger partial charge in [0, 0.05) is 31.2 Å². The Morgan fingerprint density at radius 1 is 1.16 bits per heavy atom. The van der Waals surface area contributed by atoms with Gasteiger partial charge in [-0.15, -0.1) is 11.3 Å². The summed E-state index contributed by atoms with van der Waals surface area (Å²) in [5.74, 6) is 1.11. The first-order valence-corrected chi connectivity index (χ1v) is 9.42. The molecule has 0 radical (unpaired) electrons. The molecule has 1 aliphatic rings. The van der Waals surface area contributed by atoms with Gasteiger partial charge in [-0.3, -0.25) is 4.79 Å². The lowest BCUT2D eigenvalue weighted by Gasteiger charge is -2.35. The number of benzene rings is 1. The molecule has 0 unspecified atom stereocenters. The molecule has 25 heavy (non-hydrogen) atoms. The number of nitrogens with zero attached hydrogens (tertiary/aromatic N) is 4. The number of aromatic nitrogens is 2. The summed E-state index contributed by atoms with van der Waals surface area (Å²) in [6, 6.07) is 9.55. The van der Waals surface area contributed by atoms with E-state index in [1.807, 2.05) is 34.5 Å². The fraction of sp³-hybridized carbons (Fsp3) is 0.278. The zero-order chi connectivity index (χ0) is 17.2. The lowest BCUT2D eigenvalue weighted by atomic mass is 10.1. The molecule has 0 atom stereocenters. The van der Waals surface area contributed by atoms with Crippen molar-refractivity contribution < 1.29 is 4.79 Å². The van der Waals surface area contributed by atoms with Crippen molar-refractivity contribution in [1.82, 2.24) is 14.9 Å². The number of carbonyl (C=O) groups is 1. The Kier molecular flexibility index (Phi) is 4.55. The molecule has 128 valence electrons. The fourth-order valence-corrected chi connectivity index (χ4v) is 4.07. The number of halogens is 1. The maximum absolute atomic E-state index is 12.5. The molecular formula is C18H17ClN4OS. The summed E-state index contributed by atoms with van der Waals surface area (Å²) in [6.07, 6.45) is 2.01. The molecule has 0 spiro atoms. The van der Waals surface area contributed by atoms with Gasteiger partial charge in [-0.05, 0) is 29.1 Å². The number of rotatable bonds is 3. The molecular weight excluding hydrogens is 356 g/mol. The number of thiophene rings is 1. The number of carbonyl (C=O) groups excluding carboxylic acids is 1. The number of fused-ring (bicyclic) bond motifs is 1. The van der Waals surface area contributed by atoms with Gasteiger partial charge in [0.15, 0.2) is 0 Å². The first kappa shape index (κ1) is 16.3. The Balaban J connectivity index is 1.41. The maximum Gasteiger partial charge on any atom is 0.227 e. The van der Waals surface area contributed by atoms with Crippen LogP contribution in [0.2, 0.25) is 5.02 Å². The Morgan fingerprint density at radius 2 is 2.00 bits per heavy atom. The molecule has 1 amide bonds. The fourth-order valence-electron chi connectivity index (χ4n) is 3.13. The van der Waals surface area contributed by atoms with E-state index in [1.54, 1.807) is 17.7 Å². The van der Waals surface area contributed by atoms with Crippen molar-refractivity contribution in [1.29, 1.82) is 0 Å². The van der Waals surface area contributed by atoms with Crippen LogP contribution in [0.1, 0.15) is 5.56 Å². The van der Waals surface area contributed by atoms with Crippen LogP contribution < -0.4 is 4.90 Å². The van der Waals surface area contributed by atoms with Crippen molar-refractivity contribution in [3.05, 3.63) is 52.6 Å². The van der Waals surface area contributed by atoms with Crippen LogP contribution in [0, 0.1) is 0 Å². The second-order valence-electron chi connectivity index (χ2n) is 6.01. The van der Waals surface area contributed by atoms with Gasteiger partial charge in [-0.1, -0.05) is 23.7 Å². The topological polar surface area (TPSA) is 49.3 Å². The highest BCUT2D eigenvalue weighted by molar-refractivity contribution is 7.16. The molecule has 0 bridgehead atoms. The van der Waals surface area contributed by atoms with Crippen molar-refractivity contribution in [3.63, 3.8) is 0 Å². The van der Waals surface area contributed by atoms with E-state index < -0.39 is 0 Å². The van der Waals surface area contributed by atoms with Gasteiger partial charge in [-0.2, -0.15) is 0 Å². The number of piperazine rings is 1. The second kappa shape index (κ2) is 6.98. The van der Waals surface area contributed by atoms with Crippen LogP contribution in [0.4, 0.5) is 5.82 Å². The lowest BCUT2D eigenvalue weighted by molar-refractivity contribution is -0.130. The average molecular weight is 373 g/mol. The van der Waals surface area contributed by atoms with Crippen molar-refractivity contribution in [2.45, 2.75) is 6.42 Å². The van der Waals surface area contributed by atoms with Crippen molar-refractivity contribution in [2.24, 2.45) is 0 Å². The van der Waals surface area contributed by atoms with Gasteiger partial charge in [0.25, 0.3) is 0 Å². The van der Waals surface area contributed by atoms with Crippen molar-refractivity contribution in [2.75, 3.05) is 31.1 Å². The minimum Gasteiger partial charge on any atom is -0.352 e. The summed E-state index contributed by atoms with van der Waals surface area (Å²) in [6.45, 7) is 2.97. The number of anilines is 1. The first-order valence-electron chi connectivity index (χ1n) is 8.16. The highest BCUT2D eigenvalue weighted by Crippen LogP contribution is 2.27. The molecule has 1 fully saturated rings. The zero-order valence-corrected chi connectivity index (χ0v) is 15.1. The van der Waals surface area contributed by atoms with Crippen LogP contribution in [0.15, 0.2) is 42.0 Å². The van der Waals surface area contributed by atoms with E-state index in [2.05, 4.69) is 20.9 Å². The Bertz CT molecular complexity index is 905. The van der Waals surface area contributed by atoms with Gasteiger partial charge >= 0.3 is 0 Å². The monoisotopic (exact) mass is 372 g/mol. The highest BCUT2D eigenvalue weighted by Gasteiger charge is 2.23. The largest absolute Gasteiger partial charge is 0.352 e. The van der Waals surface area contributed by atoms with E-state index in [0.717, 1.165) is 34.7 Å². The van der Waals surface area contributed by atoms with Crippen LogP contribution in [-0.4, -0.2) is 47.0 Å². The third-order valence-corrected chi connectivity index (χ3v) is 5.47. The van der Waals surface area contributed by atoms with Gasteiger partial charge in [-0.25, -0.2) is 9.97 Å². The predicted octanol–water partition coefficient (Wildman–Crippen LogP) is 3.24. The molecule has 0 saturated carbocycles. The van der Waals surface area contributed by atoms with E-state index >= 15 is 0 Å². The molecule has 2 aromatic heterocycles. The third-order valence-electron chi connectivity index (χ3n) is 4.42. The van der Waals surface area contributed by atoms with Crippen molar-refractivity contribution in [3.8, 4) is 0 Å². The Morgan fingerprint density at radius 3 is 2.80 bits per heavy atom. The number of hydrogen-bond donors (Lipinski definition) is 0. The van der Waals surface area contributed by atoms with Gasteiger partial charge in [0.1, 0.15) is 17.0 Å². The van der Waals surface area contributed by atoms with Crippen LogP contribution >= 0.6 is 22.9 Å². The summed E-state index contributed by atoms with van der Waals surface area (Å²) < 4.78 is 0. The minimum absolute atomic E-state index is 0.144.